The first-order chi connectivity index (χ1) is 8.13. The van der Waals surface area contributed by atoms with Crippen LogP contribution >= 0.6 is 0 Å². The molecule has 5 heteroatoms. The fraction of sp³-hybridized carbons (Fsp3) is 0.833. The van der Waals surface area contributed by atoms with Crippen molar-refractivity contribution >= 4 is 11.7 Å². The molecule has 1 heterocycles. The predicted molar refractivity (Wildman–Crippen MR) is 64.6 cm³/mol. The van der Waals surface area contributed by atoms with E-state index in [1.54, 1.807) is 0 Å². The molecule has 5 nitrogen and oxygen atoms in total. The number of Topliss-reactive ketones (excluding diaryl/α,β-unsaturated/α-hetero) is 1. The number of amides is 1. The van der Waals surface area contributed by atoms with E-state index in [1.165, 1.54) is 6.92 Å². The Kier molecular flexibility index (Phi) is 6.15. The lowest BCUT2D eigenvalue weighted by Crippen LogP contribution is -2.36. The third kappa shape index (κ3) is 5.28. The van der Waals surface area contributed by atoms with Crippen LogP contribution in [0.15, 0.2) is 0 Å². The number of ketones is 1. The van der Waals surface area contributed by atoms with Crippen LogP contribution in [-0.4, -0.2) is 54.0 Å². The van der Waals surface area contributed by atoms with E-state index in [4.69, 9.17) is 5.11 Å². The Hall–Kier alpha value is -0.940. The normalized spacial score (nSPS) is 20.5. The van der Waals surface area contributed by atoms with Crippen LogP contribution in [0, 0.1) is 0 Å². The minimum atomic E-state index is -0.0187. The number of likely N-dealkylation sites (tertiary alicyclic amines) is 1. The van der Waals surface area contributed by atoms with Crippen LogP contribution in [0.1, 0.15) is 32.6 Å². The molecule has 0 radical (unpaired) electrons. The molecule has 0 aromatic rings. The SMILES string of the molecule is CC(=O)CCNC(=O)CCN1CCC[C@H]1CO. The summed E-state index contributed by atoms with van der Waals surface area (Å²) in [5.74, 6) is 0.0695. The molecule has 1 rings (SSSR count). The summed E-state index contributed by atoms with van der Waals surface area (Å²) in [6.45, 7) is 3.77. The van der Waals surface area contributed by atoms with Gasteiger partial charge < -0.3 is 10.4 Å². The van der Waals surface area contributed by atoms with Gasteiger partial charge in [0.2, 0.25) is 5.91 Å². The Labute approximate surface area is 102 Å². The number of nitrogens with zero attached hydrogens (tertiary/aromatic N) is 1. The summed E-state index contributed by atoms with van der Waals surface area (Å²) >= 11 is 0. The van der Waals surface area contributed by atoms with Gasteiger partial charge in [0.1, 0.15) is 5.78 Å². The van der Waals surface area contributed by atoms with E-state index in [-0.39, 0.29) is 24.3 Å². The second-order valence-corrected chi connectivity index (χ2v) is 4.57. The molecule has 1 aliphatic heterocycles. The number of carbonyl (C=O) groups excluding carboxylic acids is 2. The second kappa shape index (κ2) is 7.40. The summed E-state index contributed by atoms with van der Waals surface area (Å²) in [7, 11) is 0. The van der Waals surface area contributed by atoms with Gasteiger partial charge >= 0.3 is 0 Å². The number of hydrogen-bond donors (Lipinski definition) is 2. The minimum absolute atomic E-state index is 0.0187. The molecule has 1 aliphatic rings. The molecule has 2 N–H and O–H groups in total. The summed E-state index contributed by atoms with van der Waals surface area (Å²) in [5.41, 5.74) is 0. The van der Waals surface area contributed by atoms with Crippen LogP contribution in [0.3, 0.4) is 0 Å². The van der Waals surface area contributed by atoms with Crippen LogP contribution in [0.4, 0.5) is 0 Å². The smallest absolute Gasteiger partial charge is 0.221 e. The summed E-state index contributed by atoms with van der Waals surface area (Å²) in [6, 6.07) is 0.222. The third-order valence-electron chi connectivity index (χ3n) is 3.14. The molecule has 0 aliphatic carbocycles. The largest absolute Gasteiger partial charge is 0.395 e. The molecule has 0 aromatic carbocycles. The van der Waals surface area contributed by atoms with Crippen molar-refractivity contribution in [3.05, 3.63) is 0 Å². The molecule has 1 amide bonds. The molecule has 0 spiro atoms. The van der Waals surface area contributed by atoms with Crippen molar-refractivity contribution in [1.82, 2.24) is 10.2 Å². The van der Waals surface area contributed by atoms with E-state index in [0.717, 1.165) is 19.4 Å². The monoisotopic (exact) mass is 242 g/mol. The molecule has 98 valence electrons. The van der Waals surface area contributed by atoms with Crippen LogP contribution in [0.2, 0.25) is 0 Å². The van der Waals surface area contributed by atoms with Crippen molar-refractivity contribution in [3.8, 4) is 0 Å². The van der Waals surface area contributed by atoms with Crippen molar-refractivity contribution in [3.63, 3.8) is 0 Å². The predicted octanol–water partition coefficient (Wildman–Crippen LogP) is -0.0715. The van der Waals surface area contributed by atoms with Crippen molar-refractivity contribution < 1.29 is 14.7 Å². The van der Waals surface area contributed by atoms with Crippen molar-refractivity contribution in [1.29, 1.82) is 0 Å². The zero-order chi connectivity index (χ0) is 12.7. The maximum Gasteiger partial charge on any atom is 0.221 e. The van der Waals surface area contributed by atoms with Crippen molar-refractivity contribution in [2.75, 3.05) is 26.2 Å². The van der Waals surface area contributed by atoms with Gasteiger partial charge in [0.15, 0.2) is 0 Å². The Morgan fingerprint density at radius 3 is 2.82 bits per heavy atom. The highest BCUT2D eigenvalue weighted by Gasteiger charge is 2.23. The molecule has 17 heavy (non-hydrogen) atoms. The number of nitrogens with one attached hydrogen (secondary N) is 1. The third-order valence-corrected chi connectivity index (χ3v) is 3.14. The first kappa shape index (κ1) is 14.1. The summed E-state index contributed by atoms with van der Waals surface area (Å²) in [6.07, 6.45) is 2.95. The van der Waals surface area contributed by atoms with Gasteiger partial charge in [-0.05, 0) is 26.3 Å². The molecule has 0 aromatic heterocycles. The Bertz CT molecular complexity index is 268. The number of aliphatic hydroxyl groups excluding tert-OH is 1. The number of aliphatic hydroxyl groups is 1. The number of carbonyl (C=O) groups is 2. The molecular weight excluding hydrogens is 220 g/mol. The Morgan fingerprint density at radius 2 is 2.18 bits per heavy atom. The zero-order valence-corrected chi connectivity index (χ0v) is 10.4. The van der Waals surface area contributed by atoms with Crippen LogP contribution in [0.5, 0.6) is 0 Å². The fourth-order valence-electron chi connectivity index (χ4n) is 2.11. The van der Waals surface area contributed by atoms with Crippen LogP contribution in [0.25, 0.3) is 0 Å². The highest BCUT2D eigenvalue weighted by Crippen LogP contribution is 2.16. The molecule has 1 fully saturated rings. The van der Waals surface area contributed by atoms with Crippen LogP contribution < -0.4 is 5.32 Å². The van der Waals surface area contributed by atoms with Gasteiger partial charge in [-0.3, -0.25) is 14.5 Å². The average Bonchev–Trinajstić information content (AvgIpc) is 2.73. The lowest BCUT2D eigenvalue weighted by atomic mass is 10.2. The average molecular weight is 242 g/mol. The number of hydrogen-bond acceptors (Lipinski definition) is 4. The van der Waals surface area contributed by atoms with Gasteiger partial charge in [-0.25, -0.2) is 0 Å². The van der Waals surface area contributed by atoms with E-state index in [0.29, 0.717) is 25.9 Å². The highest BCUT2D eigenvalue weighted by molar-refractivity contribution is 5.78. The van der Waals surface area contributed by atoms with E-state index < -0.39 is 0 Å². The number of rotatable bonds is 7. The van der Waals surface area contributed by atoms with Crippen molar-refractivity contribution in [2.45, 2.75) is 38.6 Å². The summed E-state index contributed by atoms with van der Waals surface area (Å²) in [4.78, 5) is 24.3. The molecule has 0 bridgehead atoms. The van der Waals surface area contributed by atoms with E-state index in [1.807, 2.05) is 0 Å². The molecule has 0 saturated carbocycles. The van der Waals surface area contributed by atoms with Gasteiger partial charge in [0.25, 0.3) is 0 Å². The van der Waals surface area contributed by atoms with Gasteiger partial charge in [0, 0.05) is 32.0 Å². The molecule has 1 atom stereocenters. The van der Waals surface area contributed by atoms with Gasteiger partial charge in [0.05, 0.1) is 6.61 Å². The molecular formula is C12H22N2O3. The fourth-order valence-corrected chi connectivity index (χ4v) is 2.11. The van der Waals surface area contributed by atoms with Gasteiger partial charge in [-0.15, -0.1) is 0 Å². The topological polar surface area (TPSA) is 69.6 Å². The lowest BCUT2D eigenvalue weighted by Gasteiger charge is -2.22. The quantitative estimate of drug-likeness (QED) is 0.655. The Morgan fingerprint density at radius 1 is 1.41 bits per heavy atom. The maximum atomic E-state index is 11.5. The second-order valence-electron chi connectivity index (χ2n) is 4.57. The van der Waals surface area contributed by atoms with Gasteiger partial charge in [-0.1, -0.05) is 0 Å². The van der Waals surface area contributed by atoms with Gasteiger partial charge in [-0.2, -0.15) is 0 Å². The van der Waals surface area contributed by atoms with E-state index >= 15 is 0 Å². The zero-order valence-electron chi connectivity index (χ0n) is 10.4. The summed E-state index contributed by atoms with van der Waals surface area (Å²) < 4.78 is 0. The molecule has 0 unspecified atom stereocenters. The van der Waals surface area contributed by atoms with Crippen molar-refractivity contribution in [2.24, 2.45) is 0 Å². The van der Waals surface area contributed by atoms with Crippen LogP contribution in [-0.2, 0) is 9.59 Å². The standard InChI is InChI=1S/C12H22N2O3/c1-10(16)4-6-13-12(17)5-8-14-7-2-3-11(14)9-15/h11,15H,2-9H2,1H3,(H,13,17)/t11-/m0/s1. The minimum Gasteiger partial charge on any atom is -0.395 e. The first-order valence-corrected chi connectivity index (χ1v) is 6.24. The highest BCUT2D eigenvalue weighted by atomic mass is 16.3. The first-order valence-electron chi connectivity index (χ1n) is 6.24. The molecule has 1 saturated heterocycles. The summed E-state index contributed by atoms with van der Waals surface area (Å²) in [5, 5.41) is 11.8. The van der Waals surface area contributed by atoms with E-state index in [2.05, 4.69) is 10.2 Å². The lowest BCUT2D eigenvalue weighted by molar-refractivity contribution is -0.121. The van der Waals surface area contributed by atoms with E-state index in [9.17, 15) is 9.59 Å². The maximum absolute atomic E-state index is 11.5. The Balaban J connectivity index is 2.12.